The van der Waals surface area contributed by atoms with Crippen LogP contribution in [0.5, 0.6) is 0 Å². The third-order valence-electron chi connectivity index (χ3n) is 2.92. The van der Waals surface area contributed by atoms with Crippen molar-refractivity contribution in [2.24, 2.45) is 0 Å². The van der Waals surface area contributed by atoms with Gasteiger partial charge >= 0.3 is 11.9 Å². The molecule has 0 spiro atoms. The van der Waals surface area contributed by atoms with Crippen LogP contribution in [0.25, 0.3) is 0 Å². The fraction of sp³-hybridized carbons (Fsp3) is 0. The third-order valence-corrected chi connectivity index (χ3v) is 2.92. The first-order valence-corrected chi connectivity index (χ1v) is 6.16. The van der Waals surface area contributed by atoms with Crippen molar-refractivity contribution in [3.63, 3.8) is 0 Å². The molecule has 2 aromatic carbocycles. The molecule has 0 fully saturated rings. The van der Waals surface area contributed by atoms with Crippen molar-refractivity contribution >= 4 is 23.3 Å². The van der Waals surface area contributed by atoms with Crippen molar-refractivity contribution in [3.05, 3.63) is 58.7 Å². The van der Waals surface area contributed by atoms with Gasteiger partial charge in [-0.2, -0.15) is 0 Å². The molecule has 0 radical (unpaired) electrons. The largest absolute Gasteiger partial charge is 0.478 e. The van der Waals surface area contributed by atoms with Crippen LogP contribution >= 0.6 is 0 Å². The van der Waals surface area contributed by atoms with E-state index in [-0.39, 0.29) is 22.5 Å². The van der Waals surface area contributed by atoms with E-state index in [1.165, 1.54) is 24.3 Å². The van der Waals surface area contributed by atoms with Crippen molar-refractivity contribution in [1.82, 2.24) is 0 Å². The third kappa shape index (κ3) is 3.16. The molecule has 0 bridgehead atoms. The quantitative estimate of drug-likeness (QED) is 0.493. The second kappa shape index (κ2) is 5.89. The van der Waals surface area contributed by atoms with Gasteiger partial charge in [0.1, 0.15) is 0 Å². The van der Waals surface area contributed by atoms with Gasteiger partial charge in [0, 0.05) is 22.5 Å². The van der Waals surface area contributed by atoms with E-state index in [2.05, 4.69) is 11.8 Å². The molecule has 6 nitrogen and oxygen atoms in total. The SMILES string of the molecule is Nc1ccc(C#Cc2ccc(N)c(C(=O)O)c2)cc1C(=O)O. The highest BCUT2D eigenvalue weighted by atomic mass is 16.4. The van der Waals surface area contributed by atoms with E-state index in [1.807, 2.05) is 0 Å². The molecule has 0 aliphatic rings. The normalized spacial score (nSPS) is 9.64. The first-order valence-electron chi connectivity index (χ1n) is 6.16. The Kier molecular flexibility index (Phi) is 4.00. The predicted octanol–water partition coefficient (Wildman–Crippen LogP) is 1.65. The topological polar surface area (TPSA) is 127 Å². The molecule has 0 saturated carbocycles. The van der Waals surface area contributed by atoms with Crippen LogP contribution in [0.15, 0.2) is 36.4 Å². The molecule has 0 heterocycles. The van der Waals surface area contributed by atoms with E-state index >= 15 is 0 Å². The average Bonchev–Trinajstić information content (AvgIpc) is 2.47. The van der Waals surface area contributed by atoms with E-state index in [0.29, 0.717) is 11.1 Å². The van der Waals surface area contributed by atoms with E-state index in [4.69, 9.17) is 21.7 Å². The summed E-state index contributed by atoms with van der Waals surface area (Å²) in [6.45, 7) is 0. The molecule has 0 aliphatic carbocycles. The summed E-state index contributed by atoms with van der Waals surface area (Å²) < 4.78 is 0. The summed E-state index contributed by atoms with van der Waals surface area (Å²) in [6, 6.07) is 8.81. The summed E-state index contributed by atoms with van der Waals surface area (Å²) in [5.74, 6) is 3.26. The Balaban J connectivity index is 2.39. The van der Waals surface area contributed by atoms with Crippen LogP contribution in [-0.2, 0) is 0 Å². The minimum absolute atomic E-state index is 0.0321. The van der Waals surface area contributed by atoms with Crippen molar-refractivity contribution in [2.45, 2.75) is 0 Å². The lowest BCUT2D eigenvalue weighted by Gasteiger charge is -2.01. The van der Waals surface area contributed by atoms with Crippen LogP contribution < -0.4 is 11.5 Å². The number of carboxylic acids is 2. The van der Waals surface area contributed by atoms with Gasteiger partial charge in [-0.15, -0.1) is 0 Å². The van der Waals surface area contributed by atoms with Gasteiger partial charge in [0.05, 0.1) is 11.1 Å². The number of nitrogen functional groups attached to an aromatic ring is 2. The number of hydrogen-bond acceptors (Lipinski definition) is 4. The predicted molar refractivity (Wildman–Crippen MR) is 81.6 cm³/mol. The van der Waals surface area contributed by atoms with Crippen LogP contribution in [0, 0.1) is 11.8 Å². The fourth-order valence-corrected chi connectivity index (χ4v) is 1.78. The van der Waals surface area contributed by atoms with Gasteiger partial charge in [-0.05, 0) is 36.4 Å². The summed E-state index contributed by atoms with van der Waals surface area (Å²) in [5.41, 5.74) is 12.3. The number of benzene rings is 2. The maximum atomic E-state index is 11.0. The number of rotatable bonds is 2. The summed E-state index contributed by atoms with van der Waals surface area (Å²) >= 11 is 0. The maximum absolute atomic E-state index is 11.0. The Hall–Kier alpha value is -3.46. The summed E-state index contributed by atoms with van der Waals surface area (Å²) in [6.07, 6.45) is 0. The average molecular weight is 296 g/mol. The molecule has 22 heavy (non-hydrogen) atoms. The van der Waals surface area contributed by atoms with Gasteiger partial charge in [-0.3, -0.25) is 0 Å². The van der Waals surface area contributed by atoms with Gasteiger partial charge in [-0.25, -0.2) is 9.59 Å². The van der Waals surface area contributed by atoms with Crippen LogP contribution in [0.2, 0.25) is 0 Å². The highest BCUT2D eigenvalue weighted by Crippen LogP contribution is 2.15. The molecular formula is C16H12N2O4. The van der Waals surface area contributed by atoms with Crippen molar-refractivity contribution in [1.29, 1.82) is 0 Å². The fourth-order valence-electron chi connectivity index (χ4n) is 1.78. The van der Waals surface area contributed by atoms with Crippen LogP contribution in [0.4, 0.5) is 11.4 Å². The van der Waals surface area contributed by atoms with E-state index in [9.17, 15) is 9.59 Å². The number of nitrogens with two attached hydrogens (primary N) is 2. The Bertz CT molecular complexity index is 764. The molecule has 6 N–H and O–H groups in total. The first kappa shape index (κ1) is 14.9. The summed E-state index contributed by atoms with van der Waals surface area (Å²) in [4.78, 5) is 22.0. The Morgan fingerprint density at radius 3 is 1.45 bits per heavy atom. The van der Waals surface area contributed by atoms with Gasteiger partial charge in [0.25, 0.3) is 0 Å². The van der Waals surface area contributed by atoms with Crippen LogP contribution in [0.1, 0.15) is 31.8 Å². The molecule has 0 unspecified atom stereocenters. The van der Waals surface area contributed by atoms with Gasteiger partial charge < -0.3 is 21.7 Å². The zero-order valence-electron chi connectivity index (χ0n) is 11.3. The lowest BCUT2D eigenvalue weighted by molar-refractivity contribution is 0.0687. The van der Waals surface area contributed by atoms with Crippen molar-refractivity contribution < 1.29 is 19.8 Å². The highest BCUT2D eigenvalue weighted by Gasteiger charge is 2.08. The zero-order chi connectivity index (χ0) is 16.3. The Labute approximate surface area is 126 Å². The van der Waals surface area contributed by atoms with E-state index < -0.39 is 11.9 Å². The molecule has 6 heteroatoms. The molecule has 0 saturated heterocycles. The Morgan fingerprint density at radius 1 is 0.773 bits per heavy atom. The molecule has 2 rings (SSSR count). The lowest BCUT2D eigenvalue weighted by Crippen LogP contribution is -2.02. The molecular weight excluding hydrogens is 284 g/mol. The van der Waals surface area contributed by atoms with Crippen LogP contribution in [-0.4, -0.2) is 22.2 Å². The Morgan fingerprint density at radius 2 is 1.14 bits per heavy atom. The number of carboxylic acid groups (broad SMARTS) is 2. The summed E-state index contributed by atoms with van der Waals surface area (Å²) in [7, 11) is 0. The number of aromatic carboxylic acids is 2. The maximum Gasteiger partial charge on any atom is 0.337 e. The minimum atomic E-state index is -1.14. The highest BCUT2D eigenvalue weighted by molar-refractivity contribution is 5.94. The minimum Gasteiger partial charge on any atom is -0.478 e. The zero-order valence-corrected chi connectivity index (χ0v) is 11.3. The van der Waals surface area contributed by atoms with Crippen molar-refractivity contribution in [2.75, 3.05) is 11.5 Å². The summed E-state index contributed by atoms with van der Waals surface area (Å²) in [5, 5.41) is 18.0. The molecule has 110 valence electrons. The van der Waals surface area contributed by atoms with E-state index in [0.717, 1.165) is 0 Å². The van der Waals surface area contributed by atoms with Gasteiger partial charge in [0.15, 0.2) is 0 Å². The monoisotopic (exact) mass is 296 g/mol. The molecule has 0 amide bonds. The number of anilines is 2. The van der Waals surface area contributed by atoms with Crippen LogP contribution in [0.3, 0.4) is 0 Å². The lowest BCUT2D eigenvalue weighted by atomic mass is 10.1. The van der Waals surface area contributed by atoms with Gasteiger partial charge in [-0.1, -0.05) is 11.8 Å². The van der Waals surface area contributed by atoms with Crippen molar-refractivity contribution in [3.8, 4) is 11.8 Å². The second-order valence-electron chi connectivity index (χ2n) is 4.46. The molecule has 0 atom stereocenters. The molecule has 0 aromatic heterocycles. The number of carbonyl (C=O) groups is 2. The second-order valence-corrected chi connectivity index (χ2v) is 4.46. The van der Waals surface area contributed by atoms with Gasteiger partial charge in [0.2, 0.25) is 0 Å². The standard InChI is InChI=1S/C16H12N2O4/c17-13-5-3-9(7-11(13)15(19)20)1-2-10-4-6-14(18)12(8-10)16(21)22/h3-8H,17-18H2,(H,19,20)(H,21,22). The molecule has 0 aliphatic heterocycles. The molecule has 2 aromatic rings. The van der Waals surface area contributed by atoms with E-state index in [1.54, 1.807) is 12.1 Å². The number of hydrogen-bond donors (Lipinski definition) is 4. The first-order chi connectivity index (χ1) is 10.4. The smallest absolute Gasteiger partial charge is 0.337 e.